The van der Waals surface area contributed by atoms with Gasteiger partial charge in [-0.3, -0.25) is 4.84 Å². The lowest BCUT2D eigenvalue weighted by Crippen LogP contribution is -2.12. The molecule has 0 aliphatic heterocycles. The van der Waals surface area contributed by atoms with Crippen molar-refractivity contribution in [1.29, 1.82) is 0 Å². The highest BCUT2D eigenvalue weighted by molar-refractivity contribution is 7.17. The summed E-state index contributed by atoms with van der Waals surface area (Å²) in [5, 5.41) is 10.4. The SMILES string of the molecule is Cc1csc2c(NOCC(=O)O)ncnc12. The smallest absolute Gasteiger partial charge is 0.332 e. The Labute approximate surface area is 94.9 Å². The predicted molar refractivity (Wildman–Crippen MR) is 59.4 cm³/mol. The molecule has 2 rings (SSSR count). The van der Waals surface area contributed by atoms with Crippen LogP contribution in [0.1, 0.15) is 5.56 Å². The normalized spacial score (nSPS) is 10.6. The minimum atomic E-state index is -1.04. The lowest BCUT2D eigenvalue weighted by molar-refractivity contribution is -0.141. The van der Waals surface area contributed by atoms with Crippen molar-refractivity contribution in [1.82, 2.24) is 9.97 Å². The summed E-state index contributed by atoms with van der Waals surface area (Å²) in [4.78, 5) is 23.1. The molecule has 7 heteroatoms. The Morgan fingerprint density at radius 3 is 3.19 bits per heavy atom. The molecule has 0 amide bonds. The van der Waals surface area contributed by atoms with Crippen LogP contribution in [0.5, 0.6) is 0 Å². The number of thiophene rings is 1. The summed E-state index contributed by atoms with van der Waals surface area (Å²) in [5.41, 5.74) is 4.42. The second-order valence-electron chi connectivity index (χ2n) is 3.10. The number of aromatic nitrogens is 2. The summed E-state index contributed by atoms with van der Waals surface area (Å²) in [6.45, 7) is 1.53. The molecule has 0 bridgehead atoms. The average molecular weight is 239 g/mol. The van der Waals surface area contributed by atoms with Crippen molar-refractivity contribution >= 4 is 33.3 Å². The third-order valence-electron chi connectivity index (χ3n) is 1.90. The van der Waals surface area contributed by atoms with Crippen LogP contribution in [0.3, 0.4) is 0 Å². The van der Waals surface area contributed by atoms with Crippen LogP contribution in [-0.4, -0.2) is 27.7 Å². The van der Waals surface area contributed by atoms with Crippen LogP contribution < -0.4 is 5.48 Å². The van der Waals surface area contributed by atoms with Gasteiger partial charge in [0.15, 0.2) is 12.4 Å². The quantitative estimate of drug-likeness (QED) is 0.785. The highest BCUT2D eigenvalue weighted by Crippen LogP contribution is 2.28. The molecule has 2 N–H and O–H groups in total. The Kier molecular flexibility index (Phi) is 2.97. The first kappa shape index (κ1) is 10.8. The first-order valence-electron chi connectivity index (χ1n) is 4.47. The van der Waals surface area contributed by atoms with Crippen LogP contribution in [0, 0.1) is 6.92 Å². The number of rotatable bonds is 4. The van der Waals surface area contributed by atoms with Crippen molar-refractivity contribution in [3.63, 3.8) is 0 Å². The highest BCUT2D eigenvalue weighted by atomic mass is 32.1. The summed E-state index contributed by atoms with van der Waals surface area (Å²) in [5.74, 6) is -0.551. The van der Waals surface area contributed by atoms with E-state index in [-0.39, 0.29) is 0 Å². The van der Waals surface area contributed by atoms with Gasteiger partial charge in [-0.25, -0.2) is 20.2 Å². The lowest BCUT2D eigenvalue weighted by Gasteiger charge is -2.04. The van der Waals surface area contributed by atoms with Crippen molar-refractivity contribution in [2.24, 2.45) is 0 Å². The van der Waals surface area contributed by atoms with E-state index in [1.807, 2.05) is 12.3 Å². The number of nitrogens with zero attached hydrogens (tertiary/aromatic N) is 2. The van der Waals surface area contributed by atoms with E-state index in [0.717, 1.165) is 15.8 Å². The van der Waals surface area contributed by atoms with E-state index < -0.39 is 12.6 Å². The van der Waals surface area contributed by atoms with E-state index in [2.05, 4.69) is 15.4 Å². The summed E-state index contributed by atoms with van der Waals surface area (Å²) < 4.78 is 0.852. The highest BCUT2D eigenvalue weighted by Gasteiger charge is 2.08. The van der Waals surface area contributed by atoms with Crippen LogP contribution in [-0.2, 0) is 9.63 Å². The Hall–Kier alpha value is -1.73. The van der Waals surface area contributed by atoms with Crippen molar-refractivity contribution in [2.45, 2.75) is 6.92 Å². The van der Waals surface area contributed by atoms with Gasteiger partial charge in [-0.1, -0.05) is 0 Å². The number of carboxylic acid groups (broad SMARTS) is 1. The maximum absolute atomic E-state index is 10.3. The first-order chi connectivity index (χ1) is 7.68. The third kappa shape index (κ3) is 2.10. The van der Waals surface area contributed by atoms with E-state index in [1.54, 1.807) is 0 Å². The number of aryl methyl sites for hydroxylation is 1. The van der Waals surface area contributed by atoms with Crippen LogP contribution in [0.25, 0.3) is 10.2 Å². The second-order valence-corrected chi connectivity index (χ2v) is 3.98. The fraction of sp³-hybridized carbons (Fsp3) is 0.222. The van der Waals surface area contributed by atoms with Gasteiger partial charge in [-0.15, -0.1) is 11.3 Å². The molecule has 0 unspecified atom stereocenters. The zero-order valence-electron chi connectivity index (χ0n) is 8.43. The van der Waals surface area contributed by atoms with Gasteiger partial charge in [0, 0.05) is 0 Å². The minimum absolute atomic E-state index is 0.421. The molecule has 16 heavy (non-hydrogen) atoms. The number of nitrogens with one attached hydrogen (secondary N) is 1. The molecular formula is C9H9N3O3S. The zero-order chi connectivity index (χ0) is 11.5. The fourth-order valence-corrected chi connectivity index (χ4v) is 2.15. The molecular weight excluding hydrogens is 230 g/mol. The molecule has 0 saturated heterocycles. The molecule has 0 spiro atoms. The second kappa shape index (κ2) is 4.42. The van der Waals surface area contributed by atoms with E-state index in [9.17, 15) is 4.79 Å². The standard InChI is InChI=1S/C9H9N3O3S/c1-5-3-16-8-7(5)10-4-11-9(8)12-15-2-6(13)14/h3-4H,2H2,1H3,(H,13,14)(H,10,11,12). The predicted octanol–water partition coefficient (Wildman–Crippen LogP) is 1.43. The number of carbonyl (C=O) groups is 1. The first-order valence-corrected chi connectivity index (χ1v) is 5.35. The van der Waals surface area contributed by atoms with E-state index in [0.29, 0.717) is 5.82 Å². The Balaban J connectivity index is 2.20. The molecule has 84 valence electrons. The molecule has 0 atom stereocenters. The molecule has 2 heterocycles. The Bertz CT molecular complexity index is 526. The summed E-state index contributed by atoms with van der Waals surface area (Å²) in [6, 6.07) is 0. The van der Waals surface area contributed by atoms with Gasteiger partial charge in [0.2, 0.25) is 0 Å². The van der Waals surface area contributed by atoms with Crippen LogP contribution in [0.2, 0.25) is 0 Å². The molecule has 0 aromatic carbocycles. The van der Waals surface area contributed by atoms with Gasteiger partial charge in [0.1, 0.15) is 6.33 Å². The van der Waals surface area contributed by atoms with E-state index in [4.69, 9.17) is 9.94 Å². The Morgan fingerprint density at radius 1 is 1.62 bits per heavy atom. The molecule has 0 aliphatic rings. The fourth-order valence-electron chi connectivity index (χ4n) is 1.21. The number of hydrogen-bond donors (Lipinski definition) is 2. The monoisotopic (exact) mass is 239 g/mol. The zero-order valence-corrected chi connectivity index (χ0v) is 9.24. The largest absolute Gasteiger partial charge is 0.479 e. The number of aliphatic carboxylic acids is 1. The number of carboxylic acids is 1. The lowest BCUT2D eigenvalue weighted by atomic mass is 10.3. The molecule has 2 aromatic rings. The maximum Gasteiger partial charge on any atom is 0.332 e. The summed E-state index contributed by atoms with van der Waals surface area (Å²) in [6.07, 6.45) is 1.41. The van der Waals surface area contributed by atoms with Gasteiger partial charge >= 0.3 is 5.97 Å². The van der Waals surface area contributed by atoms with Crippen molar-refractivity contribution in [3.8, 4) is 0 Å². The molecule has 0 fully saturated rings. The molecule has 0 aliphatic carbocycles. The number of fused-ring (bicyclic) bond motifs is 1. The van der Waals surface area contributed by atoms with Gasteiger partial charge in [-0.2, -0.15) is 0 Å². The van der Waals surface area contributed by atoms with Crippen LogP contribution >= 0.6 is 11.3 Å². The molecule has 2 aromatic heterocycles. The summed E-state index contributed by atoms with van der Waals surface area (Å²) in [7, 11) is 0. The van der Waals surface area contributed by atoms with E-state index >= 15 is 0 Å². The van der Waals surface area contributed by atoms with Crippen LogP contribution in [0.4, 0.5) is 5.82 Å². The molecule has 0 radical (unpaired) electrons. The van der Waals surface area contributed by atoms with Gasteiger partial charge < -0.3 is 5.11 Å². The van der Waals surface area contributed by atoms with Crippen LogP contribution in [0.15, 0.2) is 11.7 Å². The topological polar surface area (TPSA) is 84.3 Å². The third-order valence-corrected chi connectivity index (χ3v) is 2.99. The van der Waals surface area contributed by atoms with Gasteiger partial charge in [-0.05, 0) is 17.9 Å². The molecule has 6 nitrogen and oxygen atoms in total. The number of anilines is 1. The minimum Gasteiger partial charge on any atom is -0.479 e. The van der Waals surface area contributed by atoms with Crippen molar-refractivity contribution in [2.75, 3.05) is 12.1 Å². The average Bonchev–Trinajstić information content (AvgIpc) is 2.61. The van der Waals surface area contributed by atoms with Gasteiger partial charge in [0.05, 0.1) is 10.2 Å². The molecule has 0 saturated carbocycles. The van der Waals surface area contributed by atoms with Crippen molar-refractivity contribution < 1.29 is 14.7 Å². The maximum atomic E-state index is 10.3. The van der Waals surface area contributed by atoms with Gasteiger partial charge in [0.25, 0.3) is 0 Å². The number of hydrogen-bond acceptors (Lipinski definition) is 6. The van der Waals surface area contributed by atoms with E-state index in [1.165, 1.54) is 17.7 Å². The van der Waals surface area contributed by atoms with Crippen molar-refractivity contribution in [3.05, 3.63) is 17.3 Å². The Morgan fingerprint density at radius 2 is 2.44 bits per heavy atom. The summed E-state index contributed by atoms with van der Waals surface area (Å²) >= 11 is 1.48.